The number of carboxylic acid groups (broad SMARTS) is 1. The number of rotatable bonds is 65. The summed E-state index contributed by atoms with van der Waals surface area (Å²) in [6, 6.07) is -7.02. The Kier molecular flexibility index (Phi) is 55.3. The first kappa shape index (κ1) is 121. The molecule has 0 saturated carbocycles. The number of allylic oxidation sites excluding steroid dienone is 1. The van der Waals surface area contributed by atoms with Crippen molar-refractivity contribution in [3.8, 4) is 0 Å². The van der Waals surface area contributed by atoms with Crippen molar-refractivity contribution < 1.29 is 203 Å². The molecule has 4 amide bonds. The summed E-state index contributed by atoms with van der Waals surface area (Å²) >= 11 is 0. The highest BCUT2D eigenvalue weighted by Gasteiger charge is 2.64. The van der Waals surface area contributed by atoms with Crippen molar-refractivity contribution in [1.29, 1.82) is 0 Å². The number of nitrogens with one attached hydrogen (secondary N) is 4. The van der Waals surface area contributed by atoms with Crippen LogP contribution in [0.4, 0.5) is 0 Å². The van der Waals surface area contributed by atoms with E-state index in [9.17, 15) is 136 Å². The van der Waals surface area contributed by atoms with Crippen LogP contribution in [0.5, 0.6) is 0 Å². The molecule has 0 spiro atoms. The van der Waals surface area contributed by atoms with Crippen LogP contribution in [0.1, 0.15) is 259 Å². The van der Waals surface area contributed by atoms with Crippen LogP contribution in [0, 0.1) is 0 Å². The minimum atomic E-state index is -3.51. The number of amides is 4. The predicted molar refractivity (Wildman–Crippen MR) is 483 cm³/mol. The highest BCUT2D eigenvalue weighted by atomic mass is 16.8. The molecule has 0 aromatic heterocycles. The van der Waals surface area contributed by atoms with Crippen molar-refractivity contribution in [1.82, 2.24) is 21.3 Å². The minimum Gasteiger partial charge on any atom is -0.477 e. The molecule has 7 fully saturated rings. The van der Waals surface area contributed by atoms with E-state index >= 15 is 0 Å². The monoisotopic (exact) mass is 2000 g/mol. The smallest absolute Gasteiger partial charge is 0.364 e. The maximum Gasteiger partial charge on any atom is 0.364 e. The maximum atomic E-state index is 14.0. The summed E-state index contributed by atoms with van der Waals surface area (Å²) in [5.41, 5.74) is 0. The van der Waals surface area contributed by atoms with E-state index in [0.717, 1.165) is 78.6 Å². The largest absolute Gasteiger partial charge is 0.477 e. The zero-order valence-corrected chi connectivity index (χ0v) is 80.5. The summed E-state index contributed by atoms with van der Waals surface area (Å²) in [5.74, 6) is -9.06. The topological polar surface area (TPSA) is 708 Å². The lowest BCUT2D eigenvalue weighted by atomic mass is 9.88. The Morgan fingerprint density at radius 3 is 1.13 bits per heavy atom. The van der Waals surface area contributed by atoms with Gasteiger partial charge in [0.25, 0.3) is 5.79 Å². The van der Waals surface area contributed by atoms with Gasteiger partial charge in [0, 0.05) is 33.6 Å². The molecule has 7 rings (SSSR count). The molecule has 138 heavy (non-hydrogen) atoms. The molecule has 0 bridgehead atoms. The van der Waals surface area contributed by atoms with Crippen molar-refractivity contribution in [3.63, 3.8) is 0 Å². The van der Waals surface area contributed by atoms with Crippen LogP contribution in [0.3, 0.4) is 0 Å². The van der Waals surface area contributed by atoms with Crippen molar-refractivity contribution in [2.24, 2.45) is 0 Å². The zero-order chi connectivity index (χ0) is 101. The summed E-state index contributed by atoms with van der Waals surface area (Å²) in [7, 11) is 0. The second-order valence-corrected chi connectivity index (χ2v) is 37.7. The van der Waals surface area contributed by atoms with Gasteiger partial charge in [-0.1, -0.05) is 219 Å². The van der Waals surface area contributed by atoms with E-state index in [1.165, 1.54) is 141 Å². The van der Waals surface area contributed by atoms with Crippen molar-refractivity contribution >= 4 is 29.6 Å². The minimum absolute atomic E-state index is 0.143. The van der Waals surface area contributed by atoms with Crippen molar-refractivity contribution in [2.75, 3.05) is 52.9 Å². The molecule has 0 aromatic carbocycles. The van der Waals surface area contributed by atoms with E-state index in [1.807, 2.05) is 6.08 Å². The number of aliphatic hydroxyl groups excluding tert-OH is 21. The molecule has 804 valence electrons. The van der Waals surface area contributed by atoms with Crippen LogP contribution in [-0.2, 0) is 90.3 Å². The number of ether oxygens (including phenoxy) is 14. The lowest BCUT2D eigenvalue weighted by molar-refractivity contribution is -0.403. The fourth-order valence-corrected chi connectivity index (χ4v) is 18.8. The van der Waals surface area contributed by atoms with Crippen LogP contribution >= 0.6 is 0 Å². The average Bonchev–Trinajstić information content (AvgIpc) is 0.740. The SMILES string of the molecule is CCCCCCCCCCCCC/C=C/[C@@H](O)[C@H](CO[C@@H]1OC(CO)[C@@H](O[C@@H]2OC(CO)[C@H](O[C@@H]3OC(CO)[C@H](O)[C@H](O[C@@H]4OC(CO)[C@H](O[C@@H]5OC(CO)[C@H](O)[C@H](O[C@@H]6OC(CO)[C@H](O)[C@H](O)C6O)C5NC(C)=O)[C@H](O[C@]5(C(=O)O)CC(O)[C@@H](NC(C)=O)C([C@H](O)[C@H](O)CO)O5)C4O)C3NC(C)=O)[C@H](O)C2O)[C@H](O)C1O)NC(=O)CCCCCCCCCCCCCCCCCCCCCCC. The summed E-state index contributed by atoms with van der Waals surface area (Å²) in [4.78, 5) is 67.0. The molecule has 0 radical (unpaired) electrons. The quantitative estimate of drug-likeness (QED) is 0.0214. The second-order valence-electron chi connectivity index (χ2n) is 37.7. The van der Waals surface area contributed by atoms with Crippen molar-refractivity contribution in [3.05, 3.63) is 12.2 Å². The number of carbonyl (C=O) groups excluding carboxylic acids is 4. The molecule has 45 nitrogen and oxygen atoms in total. The summed E-state index contributed by atoms with van der Waals surface area (Å²) in [6.45, 7) is -1.41. The van der Waals surface area contributed by atoms with Gasteiger partial charge in [-0.2, -0.15) is 0 Å². The van der Waals surface area contributed by atoms with Gasteiger partial charge in [-0.05, 0) is 19.3 Å². The average molecular weight is 2000 g/mol. The Hall–Kier alpha value is -4.31. The first-order valence-corrected chi connectivity index (χ1v) is 50.1. The van der Waals surface area contributed by atoms with Crippen LogP contribution in [0.25, 0.3) is 0 Å². The Balaban J connectivity index is 1.06. The molecular formula is C93H166N4O41. The molecule has 26 N–H and O–H groups in total. The molecule has 7 saturated heterocycles. The number of carboxylic acids is 1. The number of carbonyl (C=O) groups is 5. The lowest BCUT2D eigenvalue weighted by Gasteiger charge is -2.53. The number of unbranched alkanes of at least 4 members (excludes halogenated alkanes) is 31. The number of hydrogen-bond acceptors (Lipinski definition) is 40. The third kappa shape index (κ3) is 36.1. The molecule has 7 aliphatic rings. The Morgan fingerprint density at radius 2 is 0.717 bits per heavy atom. The third-order valence-corrected chi connectivity index (χ3v) is 26.7. The van der Waals surface area contributed by atoms with Crippen LogP contribution in [0.2, 0.25) is 0 Å². The van der Waals surface area contributed by atoms with Gasteiger partial charge in [0.1, 0.15) is 165 Å². The fraction of sp³-hybridized carbons (Fsp3) is 0.925. The normalized spacial score (nSPS) is 36.2. The van der Waals surface area contributed by atoms with E-state index in [4.69, 9.17) is 66.3 Å². The third-order valence-electron chi connectivity index (χ3n) is 26.7. The molecule has 0 aliphatic carbocycles. The standard InChI is InChI=1S/C93H166N4O41/c1-6-8-10-12-14-16-18-20-21-22-23-24-25-26-27-29-31-33-35-37-39-41-64(111)97-54(55(108)40-38-36-34-32-30-28-19-17-15-13-11-9-7-2)50-125-88-76(120)73(117)80(61(47-102)129-88)133-90-77(121)74(118)79(62(48-103)130-90)132-86-66(95-52(4)106)83(71(115)59(45-100)126-86)136-91-78(122)85(138-93(92(123)124)42-56(109)65(94-51(3)105)84(137-93)68(112)57(110)43-98)81(63(49-104)131-91)134-87-67(96-53(5)107)82(70(114)60(46-101)127-87)135-89-75(119)72(116)69(113)58(44-99)128-89/h38,40,54-63,65-91,98-104,108-110,112-122H,6-37,39,41-50H2,1-5H3,(H,94,105)(H,95,106)(H,96,107)(H,97,111)(H,123,124)/b40-38+/t54-,55+,56?,57+,58?,59?,60?,61?,62?,63?,65+,66?,67?,68+,69-,70-,71-,72-,73+,74+,75?,76?,77?,78?,79-,80+,81-,82+,83+,84?,85+,86-,87-,88+,89-,90-,91-,93-/m0/s1. The van der Waals surface area contributed by atoms with Gasteiger partial charge < -0.3 is 200 Å². The number of hydrogen-bond donors (Lipinski definition) is 26. The van der Waals surface area contributed by atoms with Crippen LogP contribution in [-0.4, -0.2) is 427 Å². The van der Waals surface area contributed by atoms with Gasteiger partial charge >= 0.3 is 5.97 Å². The molecular weight excluding hydrogens is 1830 g/mol. The Morgan fingerprint density at radius 1 is 0.377 bits per heavy atom. The van der Waals surface area contributed by atoms with Gasteiger partial charge in [-0.3, -0.25) is 19.2 Å². The predicted octanol–water partition coefficient (Wildman–Crippen LogP) is -2.91. The highest BCUT2D eigenvalue weighted by molar-refractivity contribution is 5.77. The Labute approximate surface area is 807 Å². The molecule has 0 aromatic rings. The summed E-state index contributed by atoms with van der Waals surface area (Å²) in [6.07, 6.45) is -29.5. The second kappa shape index (κ2) is 63.3. The van der Waals surface area contributed by atoms with Gasteiger partial charge in [-0.15, -0.1) is 0 Å². The van der Waals surface area contributed by atoms with Gasteiger partial charge in [0.15, 0.2) is 37.7 Å². The zero-order valence-electron chi connectivity index (χ0n) is 80.5. The molecule has 7 heterocycles. The van der Waals surface area contributed by atoms with Crippen LogP contribution in [0.15, 0.2) is 12.2 Å². The van der Waals surface area contributed by atoms with E-state index in [0.29, 0.717) is 12.8 Å². The fourth-order valence-electron chi connectivity index (χ4n) is 18.8. The molecule has 14 unspecified atom stereocenters. The Bertz CT molecular complexity index is 3410. The van der Waals surface area contributed by atoms with Crippen molar-refractivity contribution in [2.45, 2.75) is 492 Å². The lowest BCUT2D eigenvalue weighted by Crippen LogP contribution is -2.73. The summed E-state index contributed by atoms with van der Waals surface area (Å²) in [5, 5.41) is 259. The van der Waals surface area contributed by atoms with Gasteiger partial charge in [-0.25, -0.2) is 4.79 Å². The molecule has 38 atom stereocenters. The number of aliphatic hydroxyl groups is 21. The molecule has 7 aliphatic heterocycles. The highest BCUT2D eigenvalue weighted by Crippen LogP contribution is 2.43. The number of aliphatic carboxylic acids is 1. The van der Waals surface area contributed by atoms with E-state index in [-0.39, 0.29) is 12.3 Å². The maximum absolute atomic E-state index is 14.0. The van der Waals surface area contributed by atoms with E-state index in [2.05, 4.69) is 35.1 Å². The van der Waals surface area contributed by atoms with Gasteiger partial charge in [0.2, 0.25) is 23.6 Å². The van der Waals surface area contributed by atoms with E-state index in [1.54, 1.807) is 6.08 Å². The van der Waals surface area contributed by atoms with Crippen LogP contribution < -0.4 is 21.3 Å². The first-order valence-electron chi connectivity index (χ1n) is 50.1. The molecule has 45 heteroatoms. The van der Waals surface area contributed by atoms with Gasteiger partial charge in [0.05, 0.1) is 77.1 Å². The van der Waals surface area contributed by atoms with E-state index < -0.39 is 315 Å². The summed E-state index contributed by atoms with van der Waals surface area (Å²) < 4.78 is 84.6. The first-order chi connectivity index (χ1) is 66.1.